The molecule has 0 fully saturated rings. The second kappa shape index (κ2) is 4.23. The number of halogens is 1. The third-order valence-electron chi connectivity index (χ3n) is 1.98. The molecule has 0 spiro atoms. The van der Waals surface area contributed by atoms with Crippen LogP contribution < -0.4 is 10.6 Å². The zero-order valence-corrected chi connectivity index (χ0v) is 8.00. The van der Waals surface area contributed by atoms with Gasteiger partial charge in [0.15, 0.2) is 0 Å². The van der Waals surface area contributed by atoms with Gasteiger partial charge >= 0.3 is 0 Å². The molecule has 0 amide bonds. The smallest absolute Gasteiger partial charge is 0.137 e. The van der Waals surface area contributed by atoms with E-state index in [4.69, 9.17) is 5.73 Å². The Kier molecular flexibility index (Phi) is 3.25. The topological polar surface area (TPSA) is 29.3 Å². The lowest BCUT2D eigenvalue weighted by atomic mass is 10.1. The van der Waals surface area contributed by atoms with E-state index in [1.807, 2.05) is 31.1 Å². The Hall–Kier alpha value is -1.09. The van der Waals surface area contributed by atoms with Gasteiger partial charge in [-0.15, -0.1) is 0 Å². The average molecular weight is 182 g/mol. The van der Waals surface area contributed by atoms with Crippen molar-refractivity contribution in [1.82, 2.24) is 0 Å². The molecule has 72 valence electrons. The Balaban J connectivity index is 2.81. The summed E-state index contributed by atoms with van der Waals surface area (Å²) < 4.78 is 13.1. The maximum atomic E-state index is 13.1. The summed E-state index contributed by atoms with van der Waals surface area (Å²) in [5.74, 6) is 0. The Morgan fingerprint density at radius 1 is 1.31 bits per heavy atom. The van der Waals surface area contributed by atoms with Gasteiger partial charge in [-0.25, -0.2) is 4.39 Å². The van der Waals surface area contributed by atoms with Crippen molar-refractivity contribution in [3.63, 3.8) is 0 Å². The summed E-state index contributed by atoms with van der Waals surface area (Å²) in [7, 11) is 3.90. The molecule has 0 radical (unpaired) electrons. The third-order valence-corrected chi connectivity index (χ3v) is 1.98. The van der Waals surface area contributed by atoms with E-state index in [1.54, 1.807) is 12.1 Å². The molecule has 0 saturated carbocycles. The van der Waals surface area contributed by atoms with Crippen molar-refractivity contribution in [3.05, 3.63) is 29.8 Å². The molecule has 0 aliphatic carbocycles. The first kappa shape index (κ1) is 9.99. The predicted octanol–water partition coefficient (Wildman–Crippen LogP) is 1.72. The monoisotopic (exact) mass is 182 g/mol. The van der Waals surface area contributed by atoms with Gasteiger partial charge in [-0.1, -0.05) is 12.1 Å². The highest BCUT2D eigenvalue weighted by Crippen LogP contribution is 2.19. The maximum absolute atomic E-state index is 13.1. The minimum Gasteiger partial charge on any atom is -0.378 e. The molecule has 3 heteroatoms. The number of hydrogen-bond donors (Lipinski definition) is 1. The van der Waals surface area contributed by atoms with Gasteiger partial charge in [0.05, 0.1) is 0 Å². The summed E-state index contributed by atoms with van der Waals surface area (Å²) in [6, 6.07) is 7.31. The highest BCUT2D eigenvalue weighted by Gasteiger charge is 2.06. The number of alkyl halides is 1. The molecule has 1 unspecified atom stereocenters. The highest BCUT2D eigenvalue weighted by molar-refractivity contribution is 5.46. The first-order valence-corrected chi connectivity index (χ1v) is 4.26. The average Bonchev–Trinajstić information content (AvgIpc) is 2.17. The summed E-state index contributed by atoms with van der Waals surface area (Å²) in [4.78, 5) is 1.97. The van der Waals surface area contributed by atoms with Crippen molar-refractivity contribution in [3.8, 4) is 0 Å². The zero-order valence-electron chi connectivity index (χ0n) is 8.00. The maximum Gasteiger partial charge on any atom is 0.137 e. The van der Waals surface area contributed by atoms with Crippen LogP contribution in [0.15, 0.2) is 24.3 Å². The van der Waals surface area contributed by atoms with E-state index in [1.165, 1.54) is 0 Å². The van der Waals surface area contributed by atoms with Crippen LogP contribution in [0.2, 0.25) is 0 Å². The highest BCUT2D eigenvalue weighted by atomic mass is 19.1. The molecule has 1 aromatic carbocycles. The molecule has 0 heterocycles. The molecule has 0 aliphatic heterocycles. The Labute approximate surface area is 78.2 Å². The third kappa shape index (κ3) is 2.42. The van der Waals surface area contributed by atoms with Crippen molar-refractivity contribution in [1.29, 1.82) is 0 Å². The standard InChI is InChI=1S/C10H15FN2/c1-13(2)9-5-3-8(4-6-9)10(11)7-12/h3-6,10H,7,12H2,1-2H3. The van der Waals surface area contributed by atoms with E-state index in [0.29, 0.717) is 5.56 Å². The van der Waals surface area contributed by atoms with Crippen molar-refractivity contribution >= 4 is 5.69 Å². The van der Waals surface area contributed by atoms with Crippen LogP contribution in [0.4, 0.5) is 10.1 Å². The zero-order chi connectivity index (χ0) is 9.84. The quantitative estimate of drug-likeness (QED) is 0.771. The van der Waals surface area contributed by atoms with E-state index in [9.17, 15) is 4.39 Å². The van der Waals surface area contributed by atoms with Gasteiger partial charge in [-0.3, -0.25) is 0 Å². The number of benzene rings is 1. The van der Waals surface area contributed by atoms with E-state index < -0.39 is 6.17 Å². The molecule has 0 aliphatic rings. The summed E-state index contributed by atoms with van der Waals surface area (Å²) in [5, 5.41) is 0. The van der Waals surface area contributed by atoms with Gasteiger partial charge < -0.3 is 10.6 Å². The van der Waals surface area contributed by atoms with Gasteiger partial charge in [-0.2, -0.15) is 0 Å². The molecule has 2 N–H and O–H groups in total. The molecule has 1 aromatic rings. The summed E-state index contributed by atoms with van der Waals surface area (Å²) in [6.07, 6.45) is -1.05. The van der Waals surface area contributed by atoms with Crippen LogP contribution in [-0.2, 0) is 0 Å². The number of nitrogens with two attached hydrogens (primary N) is 1. The number of rotatable bonds is 3. The van der Waals surface area contributed by atoms with E-state index in [2.05, 4.69) is 0 Å². The molecule has 13 heavy (non-hydrogen) atoms. The normalized spacial score (nSPS) is 12.6. The van der Waals surface area contributed by atoms with Crippen LogP contribution >= 0.6 is 0 Å². The Morgan fingerprint density at radius 2 is 1.85 bits per heavy atom. The lowest BCUT2D eigenvalue weighted by Gasteiger charge is -2.13. The van der Waals surface area contributed by atoms with Crippen molar-refractivity contribution in [2.45, 2.75) is 6.17 Å². The molecular formula is C10H15FN2. The van der Waals surface area contributed by atoms with Gasteiger partial charge in [0.25, 0.3) is 0 Å². The van der Waals surface area contributed by atoms with Gasteiger partial charge in [-0.05, 0) is 17.7 Å². The van der Waals surface area contributed by atoms with Crippen molar-refractivity contribution in [2.75, 3.05) is 25.5 Å². The first-order valence-electron chi connectivity index (χ1n) is 4.26. The van der Waals surface area contributed by atoms with E-state index in [-0.39, 0.29) is 6.54 Å². The molecule has 2 nitrogen and oxygen atoms in total. The second-order valence-electron chi connectivity index (χ2n) is 3.19. The molecule has 0 aromatic heterocycles. The van der Waals surface area contributed by atoms with Gasteiger partial charge in [0.2, 0.25) is 0 Å². The molecular weight excluding hydrogens is 167 g/mol. The van der Waals surface area contributed by atoms with Gasteiger partial charge in [0, 0.05) is 26.3 Å². The fraction of sp³-hybridized carbons (Fsp3) is 0.400. The Morgan fingerprint density at radius 3 is 2.23 bits per heavy atom. The van der Waals surface area contributed by atoms with E-state index in [0.717, 1.165) is 5.69 Å². The van der Waals surface area contributed by atoms with Crippen molar-refractivity contribution in [2.24, 2.45) is 5.73 Å². The van der Waals surface area contributed by atoms with E-state index >= 15 is 0 Å². The van der Waals surface area contributed by atoms with Crippen LogP contribution in [-0.4, -0.2) is 20.6 Å². The SMILES string of the molecule is CN(C)c1ccc(C(F)CN)cc1. The largest absolute Gasteiger partial charge is 0.378 e. The fourth-order valence-electron chi connectivity index (χ4n) is 1.12. The lowest BCUT2D eigenvalue weighted by molar-refractivity contribution is 0.353. The minimum atomic E-state index is -1.05. The summed E-state index contributed by atoms with van der Waals surface area (Å²) >= 11 is 0. The fourth-order valence-corrected chi connectivity index (χ4v) is 1.12. The van der Waals surface area contributed by atoms with Crippen LogP contribution in [0.25, 0.3) is 0 Å². The molecule has 0 saturated heterocycles. The van der Waals surface area contributed by atoms with Gasteiger partial charge in [0.1, 0.15) is 6.17 Å². The number of anilines is 1. The van der Waals surface area contributed by atoms with Crippen molar-refractivity contribution < 1.29 is 4.39 Å². The first-order chi connectivity index (χ1) is 6.15. The summed E-state index contributed by atoms with van der Waals surface area (Å²) in [6.45, 7) is 0.0430. The number of hydrogen-bond acceptors (Lipinski definition) is 2. The molecule has 0 bridgehead atoms. The number of nitrogens with zero attached hydrogens (tertiary/aromatic N) is 1. The van der Waals surface area contributed by atoms with Crippen LogP contribution in [0.5, 0.6) is 0 Å². The molecule has 1 atom stereocenters. The lowest BCUT2D eigenvalue weighted by Crippen LogP contribution is -2.10. The molecule has 1 rings (SSSR count). The Bertz CT molecular complexity index is 256. The predicted molar refractivity (Wildman–Crippen MR) is 53.7 cm³/mol. The van der Waals surface area contributed by atoms with Crippen LogP contribution in [0, 0.1) is 0 Å². The minimum absolute atomic E-state index is 0.0430. The van der Waals surface area contributed by atoms with Crippen LogP contribution in [0.1, 0.15) is 11.7 Å². The van der Waals surface area contributed by atoms with Crippen LogP contribution in [0.3, 0.4) is 0 Å². The second-order valence-corrected chi connectivity index (χ2v) is 3.19. The summed E-state index contributed by atoms with van der Waals surface area (Å²) in [5.41, 5.74) is 6.93.